The van der Waals surface area contributed by atoms with Gasteiger partial charge in [-0.05, 0) is 26.0 Å². The molecule has 0 spiro atoms. The molecule has 6 heteroatoms. The third-order valence-electron chi connectivity index (χ3n) is 2.39. The Morgan fingerprint density at radius 3 is 2.75 bits per heavy atom. The number of amides is 1. The first-order valence-corrected chi connectivity index (χ1v) is 6.81. The van der Waals surface area contributed by atoms with Crippen LogP contribution in [0.1, 0.15) is 19.4 Å². The zero-order chi connectivity index (χ0) is 15.0. The van der Waals surface area contributed by atoms with Gasteiger partial charge in [-0.25, -0.2) is 0 Å². The van der Waals surface area contributed by atoms with Crippen LogP contribution < -0.4 is 15.8 Å². The zero-order valence-electron chi connectivity index (χ0n) is 11.7. The summed E-state index contributed by atoms with van der Waals surface area (Å²) in [5.74, 6) is 0.295. The van der Waals surface area contributed by atoms with Gasteiger partial charge in [0.25, 0.3) is 5.91 Å². The fourth-order valence-electron chi connectivity index (χ4n) is 1.48. The first-order chi connectivity index (χ1) is 9.50. The predicted octanol–water partition coefficient (Wildman–Crippen LogP) is 1.24. The van der Waals surface area contributed by atoms with E-state index in [0.717, 1.165) is 0 Å². The number of carbonyl (C=O) groups excluding carboxylic acids is 1. The van der Waals surface area contributed by atoms with Gasteiger partial charge in [0.05, 0.1) is 18.3 Å². The van der Waals surface area contributed by atoms with E-state index in [4.69, 9.17) is 27.4 Å². The van der Waals surface area contributed by atoms with Crippen molar-refractivity contribution >= 4 is 23.1 Å². The second-order valence-corrected chi connectivity index (χ2v) is 4.86. The summed E-state index contributed by atoms with van der Waals surface area (Å²) in [5, 5.41) is 2.70. The number of carbonyl (C=O) groups is 1. The van der Waals surface area contributed by atoms with Crippen LogP contribution in [0.5, 0.6) is 5.75 Å². The molecule has 0 saturated heterocycles. The quantitative estimate of drug-likeness (QED) is 0.558. The van der Waals surface area contributed by atoms with E-state index in [-0.39, 0.29) is 23.6 Å². The maximum absolute atomic E-state index is 11.6. The van der Waals surface area contributed by atoms with Crippen LogP contribution in [0.4, 0.5) is 0 Å². The number of hydrogen-bond acceptors (Lipinski definition) is 4. The van der Waals surface area contributed by atoms with E-state index in [1.54, 1.807) is 18.2 Å². The zero-order valence-corrected chi connectivity index (χ0v) is 12.5. The standard InChI is InChI=1S/C14H20N2O3S/c1-10(2)18-8-7-16-13(17)9-19-12-6-4-3-5-11(12)14(15)20/h3-6,10H,7-9H2,1-2H3,(H2,15,20)(H,16,17). The van der Waals surface area contributed by atoms with Crippen LogP contribution in [0.3, 0.4) is 0 Å². The predicted molar refractivity (Wildman–Crippen MR) is 81.9 cm³/mol. The summed E-state index contributed by atoms with van der Waals surface area (Å²) in [6, 6.07) is 7.09. The largest absolute Gasteiger partial charge is 0.483 e. The van der Waals surface area contributed by atoms with Crippen LogP contribution >= 0.6 is 12.2 Å². The van der Waals surface area contributed by atoms with Gasteiger partial charge in [-0.1, -0.05) is 24.4 Å². The molecule has 1 rings (SSSR count). The van der Waals surface area contributed by atoms with Crippen LogP contribution in [-0.4, -0.2) is 36.8 Å². The number of benzene rings is 1. The van der Waals surface area contributed by atoms with Gasteiger partial charge < -0.3 is 20.5 Å². The van der Waals surface area contributed by atoms with E-state index >= 15 is 0 Å². The van der Waals surface area contributed by atoms with Crippen molar-refractivity contribution < 1.29 is 14.3 Å². The van der Waals surface area contributed by atoms with E-state index in [2.05, 4.69) is 5.32 Å². The fourth-order valence-corrected chi connectivity index (χ4v) is 1.64. The fraction of sp³-hybridized carbons (Fsp3) is 0.429. The summed E-state index contributed by atoms with van der Waals surface area (Å²) in [5.41, 5.74) is 6.21. The lowest BCUT2D eigenvalue weighted by atomic mass is 10.2. The highest BCUT2D eigenvalue weighted by molar-refractivity contribution is 7.80. The Balaban J connectivity index is 2.36. The van der Waals surface area contributed by atoms with Gasteiger partial charge in [0.15, 0.2) is 6.61 Å². The topological polar surface area (TPSA) is 73.6 Å². The number of hydrogen-bond donors (Lipinski definition) is 2. The Bertz CT molecular complexity index is 463. The molecule has 3 N–H and O–H groups in total. The van der Waals surface area contributed by atoms with Gasteiger partial charge in [0.2, 0.25) is 0 Å². The van der Waals surface area contributed by atoms with Gasteiger partial charge >= 0.3 is 0 Å². The summed E-state index contributed by atoms with van der Waals surface area (Å²) < 4.78 is 10.7. The molecule has 0 radical (unpaired) electrons. The minimum Gasteiger partial charge on any atom is -0.483 e. The van der Waals surface area contributed by atoms with E-state index in [1.807, 2.05) is 19.9 Å². The maximum Gasteiger partial charge on any atom is 0.258 e. The Hall–Kier alpha value is -1.66. The number of rotatable bonds is 8. The molecule has 1 amide bonds. The smallest absolute Gasteiger partial charge is 0.258 e. The lowest BCUT2D eigenvalue weighted by molar-refractivity contribution is -0.123. The van der Waals surface area contributed by atoms with Crippen LogP contribution in [0.15, 0.2) is 24.3 Å². The minimum absolute atomic E-state index is 0.0820. The summed E-state index contributed by atoms with van der Waals surface area (Å²) in [6.07, 6.45) is 0.153. The molecule has 0 bridgehead atoms. The highest BCUT2D eigenvalue weighted by Gasteiger charge is 2.08. The molecular weight excluding hydrogens is 276 g/mol. The molecule has 0 aliphatic heterocycles. The second kappa shape index (κ2) is 8.50. The van der Waals surface area contributed by atoms with E-state index in [0.29, 0.717) is 24.5 Å². The SMILES string of the molecule is CC(C)OCCNC(=O)COc1ccccc1C(N)=S. The summed E-state index contributed by atoms with van der Waals surface area (Å²) in [6.45, 7) is 4.74. The number of para-hydroxylation sites is 1. The molecule has 0 fully saturated rings. The Kier molecular flexibility index (Phi) is 6.97. The molecule has 1 aromatic rings. The van der Waals surface area contributed by atoms with Crippen LogP contribution in [-0.2, 0) is 9.53 Å². The average Bonchev–Trinajstić information content (AvgIpc) is 2.41. The molecule has 110 valence electrons. The van der Waals surface area contributed by atoms with Gasteiger partial charge in [-0.2, -0.15) is 0 Å². The third-order valence-corrected chi connectivity index (χ3v) is 2.61. The summed E-state index contributed by atoms with van der Waals surface area (Å²) in [7, 11) is 0. The first kappa shape index (κ1) is 16.4. The lowest BCUT2D eigenvalue weighted by Gasteiger charge is -2.11. The van der Waals surface area contributed by atoms with Crippen LogP contribution in [0.25, 0.3) is 0 Å². The molecule has 0 aliphatic rings. The molecular formula is C14H20N2O3S. The number of nitrogens with one attached hydrogen (secondary N) is 1. The van der Waals surface area contributed by atoms with Crippen molar-refractivity contribution in [2.24, 2.45) is 5.73 Å². The molecule has 0 unspecified atom stereocenters. The molecule has 5 nitrogen and oxygen atoms in total. The van der Waals surface area contributed by atoms with E-state index in [9.17, 15) is 4.79 Å². The van der Waals surface area contributed by atoms with Crippen molar-refractivity contribution in [2.75, 3.05) is 19.8 Å². The molecule has 0 saturated carbocycles. The molecule has 0 aromatic heterocycles. The third kappa shape index (κ3) is 5.99. The Morgan fingerprint density at radius 1 is 1.40 bits per heavy atom. The second-order valence-electron chi connectivity index (χ2n) is 4.42. The van der Waals surface area contributed by atoms with Crippen molar-refractivity contribution in [2.45, 2.75) is 20.0 Å². The number of ether oxygens (including phenoxy) is 2. The van der Waals surface area contributed by atoms with Crippen molar-refractivity contribution in [3.05, 3.63) is 29.8 Å². The molecule has 1 aromatic carbocycles. The average molecular weight is 296 g/mol. The molecule has 20 heavy (non-hydrogen) atoms. The van der Waals surface area contributed by atoms with Crippen molar-refractivity contribution in [1.29, 1.82) is 0 Å². The Labute approximate surface area is 124 Å². The van der Waals surface area contributed by atoms with Crippen molar-refractivity contribution in [1.82, 2.24) is 5.32 Å². The highest BCUT2D eigenvalue weighted by atomic mass is 32.1. The first-order valence-electron chi connectivity index (χ1n) is 6.40. The van der Waals surface area contributed by atoms with Gasteiger partial charge in [-0.3, -0.25) is 4.79 Å². The number of nitrogens with two attached hydrogens (primary N) is 1. The maximum atomic E-state index is 11.6. The highest BCUT2D eigenvalue weighted by Crippen LogP contribution is 2.17. The molecule has 0 heterocycles. The monoisotopic (exact) mass is 296 g/mol. The van der Waals surface area contributed by atoms with Gasteiger partial charge in [0, 0.05) is 6.54 Å². The van der Waals surface area contributed by atoms with Crippen molar-refractivity contribution in [3.8, 4) is 5.75 Å². The summed E-state index contributed by atoms with van der Waals surface area (Å²) in [4.78, 5) is 11.8. The lowest BCUT2D eigenvalue weighted by Crippen LogP contribution is -2.32. The van der Waals surface area contributed by atoms with E-state index in [1.165, 1.54) is 0 Å². The molecule has 0 atom stereocenters. The summed E-state index contributed by atoms with van der Waals surface area (Å²) >= 11 is 4.92. The van der Waals surface area contributed by atoms with Crippen molar-refractivity contribution in [3.63, 3.8) is 0 Å². The van der Waals surface area contributed by atoms with Crippen LogP contribution in [0, 0.1) is 0 Å². The van der Waals surface area contributed by atoms with Crippen LogP contribution in [0.2, 0.25) is 0 Å². The Morgan fingerprint density at radius 2 is 2.10 bits per heavy atom. The molecule has 0 aliphatic carbocycles. The number of thiocarbonyl (C=S) groups is 1. The van der Waals surface area contributed by atoms with E-state index < -0.39 is 0 Å². The minimum atomic E-state index is -0.213. The van der Waals surface area contributed by atoms with Gasteiger partial charge in [0.1, 0.15) is 10.7 Å². The van der Waals surface area contributed by atoms with Gasteiger partial charge in [-0.15, -0.1) is 0 Å². The normalized spacial score (nSPS) is 10.3.